The van der Waals surface area contributed by atoms with Gasteiger partial charge >= 0.3 is 0 Å². The predicted octanol–water partition coefficient (Wildman–Crippen LogP) is 3.44. The SMILES string of the molecule is Cc1cc(S(=O)(=O)N(C)C)ccc1-c1cnc2[nH]c(Cl)cc2c1. The summed E-state index contributed by atoms with van der Waals surface area (Å²) >= 11 is 5.95. The first kappa shape index (κ1) is 16.0. The molecule has 0 spiro atoms. The van der Waals surface area contributed by atoms with E-state index in [-0.39, 0.29) is 4.90 Å². The van der Waals surface area contributed by atoms with Crippen LogP contribution >= 0.6 is 11.6 Å². The maximum atomic E-state index is 12.2. The van der Waals surface area contributed by atoms with E-state index >= 15 is 0 Å². The molecule has 2 heterocycles. The molecule has 0 aliphatic carbocycles. The molecule has 3 aromatic rings. The normalized spacial score (nSPS) is 12.2. The van der Waals surface area contributed by atoms with Crippen LogP contribution in [-0.4, -0.2) is 36.8 Å². The molecule has 0 saturated carbocycles. The number of rotatable bonds is 3. The number of hydrogen-bond acceptors (Lipinski definition) is 3. The summed E-state index contributed by atoms with van der Waals surface area (Å²) in [6, 6.07) is 8.90. The van der Waals surface area contributed by atoms with Gasteiger partial charge < -0.3 is 4.98 Å². The van der Waals surface area contributed by atoms with Crippen molar-refractivity contribution >= 4 is 32.7 Å². The fourth-order valence-electron chi connectivity index (χ4n) is 2.46. The number of nitrogens with zero attached hydrogens (tertiary/aromatic N) is 2. The third-order valence-electron chi connectivity index (χ3n) is 3.72. The standard InChI is InChI=1S/C16H16ClN3O2S/c1-10-6-13(23(21,22)20(2)3)4-5-14(10)12-7-11-8-15(17)19-16(11)18-9-12/h4-9H,1-3H3,(H,18,19). The summed E-state index contributed by atoms with van der Waals surface area (Å²) in [4.78, 5) is 7.60. The van der Waals surface area contributed by atoms with Crippen LogP contribution in [0.3, 0.4) is 0 Å². The predicted molar refractivity (Wildman–Crippen MR) is 92.1 cm³/mol. The number of aryl methyl sites for hydroxylation is 1. The molecule has 0 unspecified atom stereocenters. The van der Waals surface area contributed by atoms with E-state index in [1.54, 1.807) is 18.3 Å². The van der Waals surface area contributed by atoms with Crippen molar-refractivity contribution < 1.29 is 8.42 Å². The fourth-order valence-corrected chi connectivity index (χ4v) is 3.66. The molecule has 0 atom stereocenters. The van der Waals surface area contributed by atoms with Crippen molar-refractivity contribution in [3.05, 3.63) is 47.2 Å². The quantitative estimate of drug-likeness (QED) is 0.787. The van der Waals surface area contributed by atoms with Crippen molar-refractivity contribution in [2.24, 2.45) is 0 Å². The molecule has 1 N–H and O–H groups in total. The number of nitrogens with one attached hydrogen (secondary N) is 1. The third-order valence-corrected chi connectivity index (χ3v) is 5.74. The largest absolute Gasteiger partial charge is 0.330 e. The van der Waals surface area contributed by atoms with E-state index in [9.17, 15) is 8.42 Å². The van der Waals surface area contributed by atoms with Crippen LogP contribution in [0, 0.1) is 6.92 Å². The average Bonchev–Trinajstić information content (AvgIpc) is 2.85. The topological polar surface area (TPSA) is 66.1 Å². The van der Waals surface area contributed by atoms with Gasteiger partial charge in [-0.3, -0.25) is 0 Å². The number of hydrogen-bond donors (Lipinski definition) is 1. The van der Waals surface area contributed by atoms with Crippen LogP contribution < -0.4 is 0 Å². The van der Waals surface area contributed by atoms with Gasteiger partial charge in [-0.1, -0.05) is 17.7 Å². The minimum Gasteiger partial charge on any atom is -0.330 e. The van der Waals surface area contributed by atoms with Crippen LogP contribution in [0.5, 0.6) is 0 Å². The number of benzene rings is 1. The van der Waals surface area contributed by atoms with E-state index in [1.807, 2.05) is 25.1 Å². The highest BCUT2D eigenvalue weighted by Crippen LogP contribution is 2.29. The van der Waals surface area contributed by atoms with Crippen LogP contribution in [0.2, 0.25) is 5.15 Å². The van der Waals surface area contributed by atoms with Gasteiger partial charge in [-0.05, 0) is 42.3 Å². The Labute approximate surface area is 140 Å². The summed E-state index contributed by atoms with van der Waals surface area (Å²) in [5.41, 5.74) is 3.45. The highest BCUT2D eigenvalue weighted by atomic mass is 35.5. The monoisotopic (exact) mass is 349 g/mol. The summed E-state index contributed by atoms with van der Waals surface area (Å²) in [5.74, 6) is 0. The van der Waals surface area contributed by atoms with Crippen molar-refractivity contribution in [3.8, 4) is 11.1 Å². The van der Waals surface area contributed by atoms with Crippen LogP contribution in [0.25, 0.3) is 22.2 Å². The average molecular weight is 350 g/mol. The van der Waals surface area contributed by atoms with E-state index < -0.39 is 10.0 Å². The van der Waals surface area contributed by atoms with Gasteiger partial charge in [-0.2, -0.15) is 0 Å². The second kappa shape index (κ2) is 5.63. The molecule has 2 aromatic heterocycles. The molecule has 0 amide bonds. The number of aromatic nitrogens is 2. The lowest BCUT2D eigenvalue weighted by Crippen LogP contribution is -2.22. The maximum Gasteiger partial charge on any atom is 0.242 e. The zero-order valence-electron chi connectivity index (χ0n) is 13.0. The molecule has 0 radical (unpaired) electrons. The van der Waals surface area contributed by atoms with Gasteiger partial charge in [0.25, 0.3) is 0 Å². The van der Waals surface area contributed by atoms with Gasteiger partial charge in [0.05, 0.1) is 4.90 Å². The van der Waals surface area contributed by atoms with Crippen LogP contribution in [0.15, 0.2) is 41.4 Å². The molecule has 0 saturated heterocycles. The molecular weight excluding hydrogens is 334 g/mol. The van der Waals surface area contributed by atoms with Gasteiger partial charge in [0.2, 0.25) is 10.0 Å². The maximum absolute atomic E-state index is 12.2. The Balaban J connectivity index is 2.09. The summed E-state index contributed by atoms with van der Waals surface area (Å²) in [7, 11) is -0.395. The van der Waals surface area contributed by atoms with E-state index in [0.29, 0.717) is 5.15 Å². The summed E-state index contributed by atoms with van der Waals surface area (Å²) in [6.45, 7) is 1.89. The Kier molecular flexibility index (Phi) is 3.91. The lowest BCUT2D eigenvalue weighted by atomic mass is 10.0. The number of sulfonamides is 1. The molecule has 1 aromatic carbocycles. The number of pyridine rings is 1. The zero-order chi connectivity index (χ0) is 16.8. The zero-order valence-corrected chi connectivity index (χ0v) is 14.5. The van der Waals surface area contributed by atoms with Gasteiger partial charge in [0.1, 0.15) is 10.8 Å². The first-order valence-electron chi connectivity index (χ1n) is 6.97. The molecule has 0 fully saturated rings. The molecule has 120 valence electrons. The van der Waals surface area contributed by atoms with Gasteiger partial charge in [0, 0.05) is 31.2 Å². The van der Waals surface area contributed by atoms with Gasteiger partial charge in [-0.15, -0.1) is 0 Å². The number of fused-ring (bicyclic) bond motifs is 1. The van der Waals surface area contributed by atoms with E-state index in [4.69, 9.17) is 11.6 Å². The van der Waals surface area contributed by atoms with E-state index in [2.05, 4.69) is 9.97 Å². The number of H-pyrrole nitrogens is 1. The summed E-state index contributed by atoms with van der Waals surface area (Å²) in [6.07, 6.45) is 1.75. The molecule has 0 aliphatic rings. The van der Waals surface area contributed by atoms with E-state index in [1.165, 1.54) is 18.4 Å². The van der Waals surface area contributed by atoms with Crippen LogP contribution in [0.1, 0.15) is 5.56 Å². The molecule has 5 nitrogen and oxygen atoms in total. The van der Waals surface area contributed by atoms with Crippen LogP contribution in [0.4, 0.5) is 0 Å². The lowest BCUT2D eigenvalue weighted by molar-refractivity contribution is 0.520. The molecule has 3 rings (SSSR count). The highest BCUT2D eigenvalue weighted by molar-refractivity contribution is 7.89. The molecular formula is C16H16ClN3O2S. The van der Waals surface area contributed by atoms with Crippen molar-refractivity contribution in [2.75, 3.05) is 14.1 Å². The Bertz CT molecular complexity index is 994. The van der Waals surface area contributed by atoms with Crippen molar-refractivity contribution in [3.63, 3.8) is 0 Å². The molecule has 23 heavy (non-hydrogen) atoms. The second-order valence-corrected chi connectivity index (χ2v) is 8.10. The lowest BCUT2D eigenvalue weighted by Gasteiger charge is -2.13. The first-order chi connectivity index (χ1) is 10.8. The smallest absolute Gasteiger partial charge is 0.242 e. The molecule has 0 bridgehead atoms. The first-order valence-corrected chi connectivity index (χ1v) is 8.78. The minimum absolute atomic E-state index is 0.280. The summed E-state index contributed by atoms with van der Waals surface area (Å²) < 4.78 is 25.6. The van der Waals surface area contributed by atoms with Crippen molar-refractivity contribution in [1.29, 1.82) is 0 Å². The van der Waals surface area contributed by atoms with E-state index in [0.717, 1.165) is 27.7 Å². The van der Waals surface area contributed by atoms with Gasteiger partial charge in [-0.25, -0.2) is 17.7 Å². The third kappa shape index (κ3) is 2.85. The Hall–Kier alpha value is -1.89. The highest BCUT2D eigenvalue weighted by Gasteiger charge is 2.18. The van der Waals surface area contributed by atoms with Crippen LogP contribution in [-0.2, 0) is 10.0 Å². The minimum atomic E-state index is -3.43. The second-order valence-electron chi connectivity index (χ2n) is 5.54. The Morgan fingerprint density at radius 1 is 1.17 bits per heavy atom. The number of aromatic amines is 1. The Morgan fingerprint density at radius 2 is 1.91 bits per heavy atom. The Morgan fingerprint density at radius 3 is 2.57 bits per heavy atom. The molecule has 0 aliphatic heterocycles. The fraction of sp³-hybridized carbons (Fsp3) is 0.188. The van der Waals surface area contributed by atoms with Crippen molar-refractivity contribution in [1.82, 2.24) is 14.3 Å². The number of halogens is 1. The van der Waals surface area contributed by atoms with Gasteiger partial charge in [0.15, 0.2) is 0 Å². The van der Waals surface area contributed by atoms with Crippen molar-refractivity contribution in [2.45, 2.75) is 11.8 Å². The summed E-state index contributed by atoms with van der Waals surface area (Å²) in [5, 5.41) is 1.45. The molecule has 7 heteroatoms.